The highest BCUT2D eigenvalue weighted by molar-refractivity contribution is 7.20. The van der Waals surface area contributed by atoms with Crippen LogP contribution in [0.4, 0.5) is 105 Å². The van der Waals surface area contributed by atoms with Gasteiger partial charge in [0.15, 0.2) is 0 Å². The van der Waals surface area contributed by atoms with Gasteiger partial charge in [-0.25, -0.2) is 0 Å². The molecular formula is C42H22BF24IO2. The van der Waals surface area contributed by atoms with Crippen molar-refractivity contribution >= 4 is 28.0 Å². The van der Waals surface area contributed by atoms with Crippen molar-refractivity contribution in [1.82, 2.24) is 0 Å². The van der Waals surface area contributed by atoms with E-state index >= 15 is 0 Å². The highest BCUT2D eigenvalue weighted by Crippen LogP contribution is 2.41. The van der Waals surface area contributed by atoms with Crippen molar-refractivity contribution in [1.29, 1.82) is 0 Å². The molecule has 0 atom stereocenters. The van der Waals surface area contributed by atoms with Gasteiger partial charge in [0.25, 0.3) is 0 Å². The van der Waals surface area contributed by atoms with Gasteiger partial charge in [0.2, 0.25) is 0 Å². The Morgan fingerprint density at radius 2 is 0.457 bits per heavy atom. The molecule has 0 aliphatic heterocycles. The van der Waals surface area contributed by atoms with Crippen LogP contribution in [-0.4, -0.2) is 6.15 Å². The molecule has 2 nitrogen and oxygen atoms in total. The van der Waals surface area contributed by atoms with Crippen molar-refractivity contribution < 1.29 is 135 Å². The van der Waals surface area contributed by atoms with E-state index < -0.39 is 195 Å². The molecule has 6 aromatic rings. The number of hydrogen-bond acceptors (Lipinski definition) is 2. The van der Waals surface area contributed by atoms with E-state index in [0.717, 1.165) is 19.1 Å². The van der Waals surface area contributed by atoms with E-state index in [4.69, 9.17) is 8.83 Å². The van der Waals surface area contributed by atoms with Crippen molar-refractivity contribution in [3.05, 3.63) is 161 Å². The van der Waals surface area contributed by atoms with Crippen LogP contribution in [0.2, 0.25) is 0 Å². The van der Waals surface area contributed by atoms with Gasteiger partial charge in [-0.1, -0.05) is 48.5 Å². The van der Waals surface area contributed by atoms with Gasteiger partial charge in [0, 0.05) is 12.1 Å². The standard InChI is InChI=1S/C32H12BF24.C10H10IO2/c34-25(35,36)13-1-14(26(37,38)39)6-21(5-13)33(22-7-15(27(40,41)42)2-16(8-22)28(43,44)45,23-9-17(29(46,47)48)3-18(10-23)30(49,50)51)24-11-19(31(52,53)54)4-20(12-24)32(55,56)57;1-7-3-5-9(12-7)11-10-6-4-8(2)13-10/h1-12H;3-6H,1-2H3/q-1;+1. The first kappa shape index (κ1) is 55.5. The Hall–Kier alpha value is -5.45. The molecule has 0 radical (unpaired) electrons. The van der Waals surface area contributed by atoms with Crippen LogP contribution in [0, 0.1) is 21.4 Å². The minimum absolute atomic E-state index is 0.263. The second kappa shape index (κ2) is 18.6. The Labute approximate surface area is 386 Å². The summed E-state index contributed by atoms with van der Waals surface area (Å²) in [5, 5.41) is 0. The molecule has 0 unspecified atom stereocenters. The smallest absolute Gasteiger partial charge is 0.424 e. The number of hydrogen-bond donors (Lipinski definition) is 0. The first-order valence-corrected chi connectivity index (χ1v) is 20.8. The lowest BCUT2D eigenvalue weighted by Crippen LogP contribution is -3.61. The van der Waals surface area contributed by atoms with Crippen molar-refractivity contribution in [3.8, 4) is 0 Å². The number of rotatable bonds is 6. The van der Waals surface area contributed by atoms with Crippen molar-refractivity contribution in [2.24, 2.45) is 0 Å². The van der Waals surface area contributed by atoms with E-state index in [-0.39, 0.29) is 21.2 Å². The number of aryl methyl sites for hydroxylation is 2. The first-order valence-electron chi connectivity index (χ1n) is 18.6. The van der Waals surface area contributed by atoms with E-state index in [9.17, 15) is 105 Å². The van der Waals surface area contributed by atoms with Crippen LogP contribution in [-0.2, 0) is 49.4 Å². The predicted molar refractivity (Wildman–Crippen MR) is 194 cm³/mol. The Balaban J connectivity index is 0.000000600. The fraction of sp³-hybridized carbons (Fsp3) is 0.238. The topological polar surface area (TPSA) is 26.3 Å². The quantitative estimate of drug-likeness (QED) is 0.0944. The minimum atomic E-state index is -6.13. The summed E-state index contributed by atoms with van der Waals surface area (Å²) in [6.45, 7) is 3.92. The van der Waals surface area contributed by atoms with E-state index in [0.29, 0.717) is 0 Å². The minimum Gasteiger partial charge on any atom is -0.424 e. The zero-order chi connectivity index (χ0) is 53.2. The van der Waals surface area contributed by atoms with Gasteiger partial charge in [-0.15, -0.1) is 0 Å². The lowest BCUT2D eigenvalue weighted by atomic mass is 9.12. The summed E-state index contributed by atoms with van der Waals surface area (Å²) in [4.78, 5) is 0. The second-order valence-corrected chi connectivity index (χ2v) is 17.7. The summed E-state index contributed by atoms with van der Waals surface area (Å²) in [6.07, 6.45) is -54.8. The van der Waals surface area contributed by atoms with Crippen LogP contribution in [0.1, 0.15) is 56.0 Å². The Morgan fingerprint density at radius 3 is 0.586 bits per heavy atom. The van der Waals surface area contributed by atoms with Crippen LogP contribution in [0.5, 0.6) is 0 Å². The normalized spacial score (nSPS) is 13.6. The van der Waals surface area contributed by atoms with Crippen LogP contribution >= 0.6 is 0 Å². The van der Waals surface area contributed by atoms with Crippen molar-refractivity contribution in [3.63, 3.8) is 0 Å². The van der Waals surface area contributed by atoms with Gasteiger partial charge in [-0.05, 0) is 50.2 Å². The lowest BCUT2D eigenvalue weighted by Gasteiger charge is -2.46. The summed E-state index contributed by atoms with van der Waals surface area (Å²) in [5.74, 6) is 1.94. The molecule has 2 heterocycles. The monoisotopic (exact) mass is 1150 g/mol. The average molecular weight is 1150 g/mol. The van der Waals surface area contributed by atoms with Gasteiger partial charge in [-0.2, -0.15) is 127 Å². The summed E-state index contributed by atoms with van der Waals surface area (Å²) in [6, 6.07) is -0.772. The number of furan rings is 2. The van der Waals surface area contributed by atoms with E-state index in [2.05, 4.69) is 0 Å². The third-order valence-corrected chi connectivity index (χ3v) is 12.3. The molecule has 0 saturated carbocycles. The van der Waals surface area contributed by atoms with Crippen molar-refractivity contribution in [2.75, 3.05) is 0 Å². The van der Waals surface area contributed by atoms with Gasteiger partial charge >= 0.3 is 78.1 Å². The Bertz CT molecular complexity index is 2360. The van der Waals surface area contributed by atoms with E-state index in [1.165, 1.54) is 0 Å². The number of benzene rings is 4. The molecule has 2 aromatic heterocycles. The third-order valence-electron chi connectivity index (χ3n) is 10.0. The molecule has 380 valence electrons. The molecule has 6 rings (SSSR count). The first-order chi connectivity index (χ1) is 31.5. The molecule has 28 heteroatoms. The van der Waals surface area contributed by atoms with Crippen LogP contribution in [0.3, 0.4) is 0 Å². The molecule has 0 saturated heterocycles. The van der Waals surface area contributed by atoms with Crippen LogP contribution in [0.25, 0.3) is 0 Å². The molecule has 0 amide bonds. The largest absolute Gasteiger partial charge is 0.442 e. The highest BCUT2D eigenvalue weighted by atomic mass is 127. The molecule has 0 fully saturated rings. The molecular weight excluding hydrogens is 1130 g/mol. The summed E-state index contributed by atoms with van der Waals surface area (Å²) < 4.78 is 354. The maximum Gasteiger partial charge on any atom is 0.442 e. The Kier molecular flexibility index (Phi) is 14.8. The molecule has 0 aliphatic rings. The molecule has 70 heavy (non-hydrogen) atoms. The average Bonchev–Trinajstić information content (AvgIpc) is 3.81. The van der Waals surface area contributed by atoms with Crippen LogP contribution in [0.15, 0.2) is 106 Å². The van der Waals surface area contributed by atoms with Gasteiger partial charge < -0.3 is 8.83 Å². The molecule has 0 aliphatic carbocycles. The lowest BCUT2D eigenvalue weighted by molar-refractivity contribution is -0.636. The van der Waals surface area contributed by atoms with E-state index in [1.54, 1.807) is 0 Å². The SMILES string of the molecule is Cc1ccc([I+]c2ccc(C)o2)o1.FC(F)(F)c1cc([B-](c2cc(C(F)(F)F)cc(C(F)(F)F)c2)(c2cc(C(F)(F)F)cc(C(F)(F)F)c2)c2cc(C(F)(F)F)cc(C(F)(F)F)c2)cc(C(F)(F)F)c1. The third kappa shape index (κ3) is 12.7. The maximum absolute atomic E-state index is 14.2. The molecule has 0 bridgehead atoms. The molecule has 0 spiro atoms. The van der Waals surface area contributed by atoms with E-state index in [1.807, 2.05) is 38.1 Å². The highest BCUT2D eigenvalue weighted by Gasteiger charge is 2.47. The number of halogens is 25. The Morgan fingerprint density at radius 1 is 0.286 bits per heavy atom. The maximum atomic E-state index is 14.2. The summed E-state index contributed by atoms with van der Waals surface area (Å²) in [7, 11) is 0. The second-order valence-electron chi connectivity index (χ2n) is 15.0. The summed E-state index contributed by atoms with van der Waals surface area (Å²) in [5.41, 5.74) is -30.2. The zero-order valence-corrected chi connectivity index (χ0v) is 36.2. The van der Waals surface area contributed by atoms with Crippen molar-refractivity contribution in [2.45, 2.75) is 63.3 Å². The zero-order valence-electron chi connectivity index (χ0n) is 34.1. The molecule has 4 aromatic carbocycles. The van der Waals surface area contributed by atoms with Crippen LogP contribution < -0.4 is 43.1 Å². The predicted octanol–water partition coefficient (Wildman–Crippen LogP) is 10.8. The fourth-order valence-corrected chi connectivity index (χ4v) is 9.23. The van der Waals surface area contributed by atoms with Gasteiger partial charge in [0.05, 0.1) is 44.5 Å². The summed E-state index contributed by atoms with van der Waals surface area (Å²) >= 11 is -0.263. The molecule has 0 N–H and O–H groups in total. The fourth-order valence-electron chi connectivity index (χ4n) is 7.07. The van der Waals surface area contributed by atoms with Gasteiger partial charge in [0.1, 0.15) is 17.7 Å². The number of alkyl halides is 24. The van der Waals surface area contributed by atoms with Gasteiger partial charge in [-0.3, -0.25) is 0 Å².